The Morgan fingerprint density at radius 3 is 2.33 bits per heavy atom. The molecule has 164 valence electrons. The predicted octanol–water partition coefficient (Wildman–Crippen LogP) is -1.37. The van der Waals surface area contributed by atoms with Gasteiger partial charge in [-0.3, -0.25) is 4.79 Å². The molecule has 2 saturated carbocycles. The minimum Gasteiger partial charge on any atom is -0.459 e. The van der Waals surface area contributed by atoms with Gasteiger partial charge in [-0.2, -0.15) is 0 Å². The summed E-state index contributed by atoms with van der Waals surface area (Å²) in [5.41, 5.74) is -7.95. The van der Waals surface area contributed by atoms with E-state index < -0.39 is 87.9 Å². The van der Waals surface area contributed by atoms with Gasteiger partial charge < -0.3 is 34.3 Å². The van der Waals surface area contributed by atoms with Crippen LogP contribution in [0.2, 0.25) is 0 Å². The standard InChI is InChI=1S/C20H24O10/c1-6-12(23)27-7-5-17-11-8(21)9(16(2,3)4)18(17)10(22)13(24)29-15(18)30-20(17,14(25)28-11)19(6,7)26/h6-11,15,21-22,26H,5H2,1-4H3/t6-,7+,8-,9+,10-,11-,15+,17-,18-,19-,20-/m1/s1. The number of hydrogen-bond donors (Lipinski definition) is 3. The Balaban J connectivity index is 1.71. The number of aliphatic hydroxyl groups is 3. The van der Waals surface area contributed by atoms with E-state index in [1.165, 1.54) is 6.92 Å². The summed E-state index contributed by atoms with van der Waals surface area (Å²) >= 11 is 0. The number of rotatable bonds is 0. The molecule has 0 aromatic rings. The largest absolute Gasteiger partial charge is 0.459 e. The molecule has 4 heterocycles. The fourth-order valence-electron chi connectivity index (χ4n) is 8.22. The van der Waals surface area contributed by atoms with Gasteiger partial charge in [0.2, 0.25) is 11.9 Å². The molecular formula is C20H24O10. The molecule has 6 fully saturated rings. The van der Waals surface area contributed by atoms with Gasteiger partial charge in [0.1, 0.15) is 12.2 Å². The van der Waals surface area contributed by atoms with E-state index in [1.807, 2.05) is 20.8 Å². The van der Waals surface area contributed by atoms with E-state index in [4.69, 9.17) is 18.9 Å². The molecule has 0 unspecified atom stereocenters. The molecule has 6 rings (SSSR count). The number of carbonyl (C=O) groups excluding carboxylic acids is 3. The molecule has 4 saturated heterocycles. The molecule has 0 bridgehead atoms. The van der Waals surface area contributed by atoms with Gasteiger partial charge in [-0.25, -0.2) is 9.59 Å². The molecule has 3 N–H and O–H groups in total. The van der Waals surface area contributed by atoms with Crippen LogP contribution in [-0.2, 0) is 33.3 Å². The van der Waals surface area contributed by atoms with Crippen molar-refractivity contribution in [3.8, 4) is 0 Å². The minimum absolute atomic E-state index is 0.107. The third-order valence-electron chi connectivity index (χ3n) is 8.91. The van der Waals surface area contributed by atoms with Crippen LogP contribution in [0, 0.1) is 28.1 Å². The highest BCUT2D eigenvalue weighted by molar-refractivity contribution is 5.93. The summed E-state index contributed by atoms with van der Waals surface area (Å²) in [5, 5.41) is 34.4. The summed E-state index contributed by atoms with van der Waals surface area (Å²) < 4.78 is 22.6. The maximum absolute atomic E-state index is 13.4. The Labute approximate surface area is 171 Å². The molecule has 10 nitrogen and oxygen atoms in total. The topological polar surface area (TPSA) is 149 Å². The zero-order valence-corrected chi connectivity index (χ0v) is 16.9. The lowest BCUT2D eigenvalue weighted by Crippen LogP contribution is -2.66. The molecular weight excluding hydrogens is 400 g/mol. The first-order valence-electron chi connectivity index (χ1n) is 10.2. The average Bonchev–Trinajstić information content (AvgIpc) is 3.32. The molecule has 0 aromatic heterocycles. The van der Waals surface area contributed by atoms with Gasteiger partial charge >= 0.3 is 17.9 Å². The van der Waals surface area contributed by atoms with Crippen molar-refractivity contribution in [3.63, 3.8) is 0 Å². The van der Waals surface area contributed by atoms with Gasteiger partial charge in [0.05, 0.1) is 22.9 Å². The monoisotopic (exact) mass is 424 g/mol. The molecule has 2 aliphatic carbocycles. The van der Waals surface area contributed by atoms with Crippen molar-refractivity contribution in [2.24, 2.45) is 28.1 Å². The van der Waals surface area contributed by atoms with Crippen molar-refractivity contribution in [1.29, 1.82) is 0 Å². The number of esters is 3. The summed E-state index contributed by atoms with van der Waals surface area (Å²) in [4.78, 5) is 38.2. The Morgan fingerprint density at radius 2 is 1.70 bits per heavy atom. The van der Waals surface area contributed by atoms with E-state index in [0.29, 0.717) is 0 Å². The van der Waals surface area contributed by atoms with E-state index in [9.17, 15) is 29.7 Å². The minimum atomic E-state index is -2.12. The molecule has 0 radical (unpaired) electrons. The van der Waals surface area contributed by atoms with Crippen LogP contribution in [-0.4, -0.2) is 75.1 Å². The summed E-state index contributed by atoms with van der Waals surface area (Å²) in [5.74, 6) is -4.43. The van der Waals surface area contributed by atoms with E-state index in [1.54, 1.807) is 0 Å². The molecule has 6 aliphatic rings. The van der Waals surface area contributed by atoms with E-state index in [-0.39, 0.29) is 6.42 Å². The average molecular weight is 424 g/mol. The highest BCUT2D eigenvalue weighted by Gasteiger charge is 3.02. The van der Waals surface area contributed by atoms with Crippen LogP contribution in [0.3, 0.4) is 0 Å². The Bertz CT molecular complexity index is 925. The number of ether oxygens (including phenoxy) is 4. The van der Waals surface area contributed by atoms with Crippen molar-refractivity contribution in [1.82, 2.24) is 0 Å². The van der Waals surface area contributed by atoms with Crippen molar-refractivity contribution in [3.05, 3.63) is 0 Å². The lowest BCUT2D eigenvalue weighted by atomic mass is 9.51. The first-order valence-corrected chi connectivity index (χ1v) is 10.2. The zero-order chi connectivity index (χ0) is 21.8. The number of hydrogen-bond acceptors (Lipinski definition) is 10. The van der Waals surface area contributed by atoms with E-state index in [2.05, 4.69) is 0 Å². The van der Waals surface area contributed by atoms with Gasteiger partial charge in [0, 0.05) is 12.3 Å². The summed E-state index contributed by atoms with van der Waals surface area (Å²) in [7, 11) is 0. The van der Waals surface area contributed by atoms with Gasteiger partial charge in [0.25, 0.3) is 0 Å². The lowest BCUT2D eigenvalue weighted by Gasteiger charge is -2.46. The molecule has 11 atom stereocenters. The van der Waals surface area contributed by atoms with Gasteiger partial charge in [-0.05, 0) is 12.3 Å². The first kappa shape index (κ1) is 19.0. The molecule has 30 heavy (non-hydrogen) atoms. The van der Waals surface area contributed by atoms with Crippen molar-refractivity contribution in [2.75, 3.05) is 0 Å². The maximum Gasteiger partial charge on any atom is 0.342 e. The number of fused-ring (bicyclic) bond motifs is 1. The quantitative estimate of drug-likeness (QED) is 0.314. The van der Waals surface area contributed by atoms with Gasteiger partial charge in [-0.1, -0.05) is 20.8 Å². The second kappa shape index (κ2) is 4.69. The molecule has 0 aromatic carbocycles. The van der Waals surface area contributed by atoms with Gasteiger partial charge in [-0.15, -0.1) is 0 Å². The predicted molar refractivity (Wildman–Crippen MR) is 92.0 cm³/mol. The van der Waals surface area contributed by atoms with Gasteiger partial charge in [0.15, 0.2) is 11.7 Å². The summed E-state index contributed by atoms with van der Waals surface area (Å²) in [6.07, 6.45) is -6.73. The Kier molecular flexibility index (Phi) is 2.97. The number of carbonyl (C=O) groups is 3. The summed E-state index contributed by atoms with van der Waals surface area (Å²) in [6, 6.07) is 0. The maximum atomic E-state index is 13.4. The van der Waals surface area contributed by atoms with Crippen LogP contribution in [0.15, 0.2) is 0 Å². The van der Waals surface area contributed by atoms with Crippen LogP contribution >= 0.6 is 0 Å². The first-order chi connectivity index (χ1) is 13.8. The van der Waals surface area contributed by atoms with Crippen molar-refractivity contribution >= 4 is 17.9 Å². The third kappa shape index (κ3) is 1.35. The SMILES string of the molecule is C[C@@H]1C(=O)O[C@H]2C[C@]34[C@@H]5OC(=O)[C@]3(O[C@@H]3OC(=O)[C@@H](O)[C@]34[C@H](C(C)(C)C)[C@H]5O)[C@]21O. The molecule has 10 heteroatoms. The fourth-order valence-corrected chi connectivity index (χ4v) is 8.22. The zero-order valence-electron chi connectivity index (χ0n) is 16.9. The molecule has 2 spiro atoms. The molecule has 4 aliphatic heterocycles. The smallest absolute Gasteiger partial charge is 0.342 e. The van der Waals surface area contributed by atoms with Crippen LogP contribution in [0.5, 0.6) is 0 Å². The fraction of sp³-hybridized carbons (Fsp3) is 0.850. The number of aliphatic hydroxyl groups excluding tert-OH is 2. The van der Waals surface area contributed by atoms with Crippen LogP contribution in [0.25, 0.3) is 0 Å². The normalized spacial score (nSPS) is 60.1. The van der Waals surface area contributed by atoms with E-state index >= 15 is 0 Å². The van der Waals surface area contributed by atoms with E-state index in [0.717, 1.165) is 0 Å². The highest BCUT2D eigenvalue weighted by Crippen LogP contribution is 2.84. The molecule has 0 amide bonds. The van der Waals surface area contributed by atoms with Crippen molar-refractivity contribution < 1.29 is 48.7 Å². The lowest BCUT2D eigenvalue weighted by molar-refractivity contribution is -0.239. The third-order valence-corrected chi connectivity index (χ3v) is 8.91. The summed E-state index contributed by atoms with van der Waals surface area (Å²) in [6.45, 7) is 6.97. The Hall–Kier alpha value is -1.75. The second-order valence-corrected chi connectivity index (χ2v) is 10.7. The Morgan fingerprint density at radius 1 is 1.03 bits per heavy atom. The highest BCUT2D eigenvalue weighted by atomic mass is 16.8. The van der Waals surface area contributed by atoms with Crippen LogP contribution in [0.4, 0.5) is 0 Å². The van der Waals surface area contributed by atoms with Crippen LogP contribution in [0.1, 0.15) is 34.1 Å². The van der Waals surface area contributed by atoms with Crippen LogP contribution < -0.4 is 0 Å². The second-order valence-electron chi connectivity index (χ2n) is 10.7. The van der Waals surface area contributed by atoms with Crippen molar-refractivity contribution in [2.45, 2.75) is 76.0 Å².